The van der Waals surface area contributed by atoms with Crippen LogP contribution in [0.25, 0.3) is 0 Å². The Balaban J connectivity index is 1.70. The van der Waals surface area contributed by atoms with Gasteiger partial charge in [0.25, 0.3) is 0 Å². The summed E-state index contributed by atoms with van der Waals surface area (Å²) in [7, 11) is 0. The Morgan fingerprint density at radius 2 is 2.24 bits per heavy atom. The van der Waals surface area contributed by atoms with Crippen LogP contribution in [0.5, 0.6) is 0 Å². The zero-order chi connectivity index (χ0) is 11.9. The van der Waals surface area contributed by atoms with Gasteiger partial charge in [0.05, 0.1) is 6.42 Å². The van der Waals surface area contributed by atoms with E-state index in [1.165, 1.54) is 0 Å². The molecule has 0 spiro atoms. The van der Waals surface area contributed by atoms with Crippen LogP contribution in [0.15, 0.2) is 30.3 Å². The van der Waals surface area contributed by atoms with Gasteiger partial charge < -0.3 is 10.1 Å². The van der Waals surface area contributed by atoms with Crippen molar-refractivity contribution in [3.05, 3.63) is 42.3 Å². The number of hydrogen-bond donors (Lipinski definition) is 1. The van der Waals surface area contributed by atoms with Crippen molar-refractivity contribution in [1.29, 1.82) is 0 Å². The SMILES string of the molecule is O=C([CH][C@H]1CCCNC1)OCc1ccccc1. The highest BCUT2D eigenvalue weighted by Crippen LogP contribution is 2.14. The van der Waals surface area contributed by atoms with Gasteiger partial charge in [-0.2, -0.15) is 0 Å². The lowest BCUT2D eigenvalue weighted by molar-refractivity contribution is -0.141. The number of carbonyl (C=O) groups excluding carboxylic acids is 1. The maximum absolute atomic E-state index is 11.6. The molecule has 1 aromatic carbocycles. The Bertz CT molecular complexity index is 344. The molecule has 1 saturated heterocycles. The molecule has 1 fully saturated rings. The normalized spacial score (nSPS) is 19.9. The van der Waals surface area contributed by atoms with E-state index < -0.39 is 0 Å². The van der Waals surface area contributed by atoms with Gasteiger partial charge in [-0.05, 0) is 37.4 Å². The molecule has 1 N–H and O–H groups in total. The average molecular weight is 232 g/mol. The molecular formula is C14H18NO2. The molecule has 1 atom stereocenters. The van der Waals surface area contributed by atoms with E-state index in [2.05, 4.69) is 5.32 Å². The fourth-order valence-electron chi connectivity index (χ4n) is 1.99. The van der Waals surface area contributed by atoms with Crippen LogP contribution in [0.1, 0.15) is 18.4 Å². The third-order valence-corrected chi connectivity index (χ3v) is 2.93. The van der Waals surface area contributed by atoms with Gasteiger partial charge in [0.2, 0.25) is 0 Å². The third-order valence-electron chi connectivity index (χ3n) is 2.93. The minimum atomic E-state index is -0.206. The summed E-state index contributed by atoms with van der Waals surface area (Å²) in [5.41, 5.74) is 1.02. The van der Waals surface area contributed by atoms with Gasteiger partial charge in [-0.1, -0.05) is 30.3 Å². The van der Waals surface area contributed by atoms with Crippen LogP contribution in [0.2, 0.25) is 0 Å². The largest absolute Gasteiger partial charge is 0.461 e. The van der Waals surface area contributed by atoms with Gasteiger partial charge >= 0.3 is 5.97 Å². The molecule has 3 heteroatoms. The van der Waals surface area contributed by atoms with Gasteiger partial charge in [0.15, 0.2) is 0 Å². The molecule has 1 heterocycles. The molecule has 0 aromatic heterocycles. The first-order valence-electron chi connectivity index (χ1n) is 6.11. The summed E-state index contributed by atoms with van der Waals surface area (Å²) >= 11 is 0. The van der Waals surface area contributed by atoms with Crippen LogP contribution in [0.3, 0.4) is 0 Å². The van der Waals surface area contributed by atoms with E-state index in [9.17, 15) is 4.79 Å². The highest BCUT2D eigenvalue weighted by Gasteiger charge is 2.17. The summed E-state index contributed by atoms with van der Waals surface area (Å²) < 4.78 is 5.21. The van der Waals surface area contributed by atoms with Gasteiger partial charge in [0, 0.05) is 0 Å². The predicted octanol–water partition coefficient (Wildman–Crippen LogP) is 1.93. The number of nitrogens with one attached hydrogen (secondary N) is 1. The quantitative estimate of drug-likeness (QED) is 0.806. The fourth-order valence-corrected chi connectivity index (χ4v) is 1.99. The van der Waals surface area contributed by atoms with Crippen molar-refractivity contribution >= 4 is 5.97 Å². The molecule has 1 aliphatic rings. The summed E-state index contributed by atoms with van der Waals surface area (Å²) in [5.74, 6) is 0.120. The second-order valence-corrected chi connectivity index (χ2v) is 4.37. The van der Waals surface area contributed by atoms with E-state index in [1.54, 1.807) is 6.42 Å². The molecular weight excluding hydrogens is 214 g/mol. The van der Waals surface area contributed by atoms with Crippen molar-refractivity contribution < 1.29 is 9.53 Å². The van der Waals surface area contributed by atoms with E-state index in [0.29, 0.717) is 12.5 Å². The maximum Gasteiger partial charge on any atom is 0.310 e. The Labute approximate surface area is 102 Å². The molecule has 0 amide bonds. The molecule has 0 aliphatic carbocycles. The van der Waals surface area contributed by atoms with E-state index >= 15 is 0 Å². The van der Waals surface area contributed by atoms with Gasteiger partial charge in [-0.3, -0.25) is 4.79 Å². The van der Waals surface area contributed by atoms with Crippen molar-refractivity contribution in [3.8, 4) is 0 Å². The Hall–Kier alpha value is -1.35. The lowest BCUT2D eigenvalue weighted by atomic mass is 9.96. The number of benzene rings is 1. The topological polar surface area (TPSA) is 38.3 Å². The molecule has 3 nitrogen and oxygen atoms in total. The number of ether oxygens (including phenoxy) is 1. The maximum atomic E-state index is 11.6. The van der Waals surface area contributed by atoms with Crippen LogP contribution >= 0.6 is 0 Å². The van der Waals surface area contributed by atoms with Crippen molar-refractivity contribution in [3.63, 3.8) is 0 Å². The molecule has 0 bridgehead atoms. The summed E-state index contributed by atoms with van der Waals surface area (Å²) in [6, 6.07) is 9.74. The molecule has 91 valence electrons. The molecule has 1 aromatic rings. The summed E-state index contributed by atoms with van der Waals surface area (Å²) in [6.45, 7) is 2.31. The van der Waals surface area contributed by atoms with E-state index in [4.69, 9.17) is 4.74 Å². The highest BCUT2D eigenvalue weighted by molar-refractivity contribution is 5.79. The van der Waals surface area contributed by atoms with Crippen LogP contribution in [0, 0.1) is 12.3 Å². The smallest absolute Gasteiger partial charge is 0.310 e. The molecule has 0 saturated carbocycles. The fraction of sp³-hybridized carbons (Fsp3) is 0.429. The third kappa shape index (κ3) is 4.19. The van der Waals surface area contributed by atoms with E-state index in [-0.39, 0.29) is 5.97 Å². The van der Waals surface area contributed by atoms with Gasteiger partial charge in [-0.25, -0.2) is 0 Å². The number of hydrogen-bond acceptors (Lipinski definition) is 3. The minimum absolute atomic E-state index is 0.206. The predicted molar refractivity (Wildman–Crippen MR) is 66.1 cm³/mol. The lowest BCUT2D eigenvalue weighted by Crippen LogP contribution is -2.31. The number of esters is 1. The minimum Gasteiger partial charge on any atom is -0.461 e. The van der Waals surface area contributed by atoms with Crippen LogP contribution < -0.4 is 5.32 Å². The first kappa shape index (κ1) is 12.1. The first-order valence-corrected chi connectivity index (χ1v) is 6.11. The monoisotopic (exact) mass is 232 g/mol. The van der Waals surface area contributed by atoms with Crippen LogP contribution in [-0.4, -0.2) is 19.1 Å². The number of rotatable bonds is 4. The first-order chi connectivity index (χ1) is 8.34. The van der Waals surface area contributed by atoms with Gasteiger partial charge in [-0.15, -0.1) is 0 Å². The highest BCUT2D eigenvalue weighted by atomic mass is 16.5. The standard InChI is InChI=1S/C14H18NO2/c16-14(9-13-7-4-8-15-10-13)17-11-12-5-2-1-3-6-12/h1-3,5-6,9,13,15H,4,7-8,10-11H2/t13-/m1/s1. The lowest BCUT2D eigenvalue weighted by Gasteiger charge is -2.21. The number of piperidine rings is 1. The van der Waals surface area contributed by atoms with Crippen molar-refractivity contribution in [2.45, 2.75) is 19.4 Å². The van der Waals surface area contributed by atoms with E-state index in [0.717, 1.165) is 31.5 Å². The summed E-state index contributed by atoms with van der Waals surface area (Å²) in [4.78, 5) is 11.6. The van der Waals surface area contributed by atoms with E-state index in [1.807, 2.05) is 30.3 Å². The zero-order valence-electron chi connectivity index (χ0n) is 9.89. The van der Waals surface area contributed by atoms with Gasteiger partial charge in [0.1, 0.15) is 6.61 Å². The molecule has 2 rings (SSSR count). The van der Waals surface area contributed by atoms with Crippen LogP contribution in [-0.2, 0) is 16.1 Å². The molecule has 0 unspecified atom stereocenters. The second-order valence-electron chi connectivity index (χ2n) is 4.37. The van der Waals surface area contributed by atoms with Crippen molar-refractivity contribution in [1.82, 2.24) is 5.32 Å². The second kappa shape index (κ2) is 6.40. The zero-order valence-corrected chi connectivity index (χ0v) is 9.89. The molecule has 1 aliphatic heterocycles. The molecule has 17 heavy (non-hydrogen) atoms. The summed E-state index contributed by atoms with van der Waals surface area (Å²) in [5, 5.41) is 3.27. The van der Waals surface area contributed by atoms with Crippen LogP contribution in [0.4, 0.5) is 0 Å². The Morgan fingerprint density at radius 1 is 1.41 bits per heavy atom. The Kier molecular flexibility index (Phi) is 4.56. The van der Waals surface area contributed by atoms with Crippen molar-refractivity contribution in [2.75, 3.05) is 13.1 Å². The summed E-state index contributed by atoms with van der Waals surface area (Å²) in [6.07, 6.45) is 3.91. The Morgan fingerprint density at radius 3 is 2.94 bits per heavy atom. The number of carbonyl (C=O) groups is 1. The van der Waals surface area contributed by atoms with Crippen molar-refractivity contribution in [2.24, 2.45) is 5.92 Å². The average Bonchev–Trinajstić information content (AvgIpc) is 2.39. The molecule has 1 radical (unpaired) electrons.